The molecule has 0 radical (unpaired) electrons. The molecular weight excluding hydrogens is 276 g/mol. The predicted octanol–water partition coefficient (Wildman–Crippen LogP) is 2.71. The van der Waals surface area contributed by atoms with E-state index in [1.165, 1.54) is 12.8 Å². The number of amides is 1. The standard InChI is InChI=1S/C18H22N2O2/c1-19(14-9-10-14)11-12-20(2)18(22)15-7-3-5-13-6-4-8-16(21)17(13)15/h3-8,14,21H,9-12H2,1-2H3. The van der Waals surface area contributed by atoms with E-state index in [1.807, 2.05) is 25.2 Å². The number of rotatable bonds is 5. The van der Waals surface area contributed by atoms with Crippen LogP contribution in [-0.2, 0) is 0 Å². The highest BCUT2D eigenvalue weighted by molar-refractivity contribution is 6.09. The fourth-order valence-electron chi connectivity index (χ4n) is 2.81. The number of aromatic hydroxyl groups is 1. The first kappa shape index (κ1) is 14.9. The van der Waals surface area contributed by atoms with E-state index in [2.05, 4.69) is 11.9 Å². The topological polar surface area (TPSA) is 43.8 Å². The maximum atomic E-state index is 12.7. The van der Waals surface area contributed by atoms with Gasteiger partial charge in [0, 0.05) is 31.6 Å². The van der Waals surface area contributed by atoms with Crippen molar-refractivity contribution in [3.63, 3.8) is 0 Å². The third-order valence-corrected chi connectivity index (χ3v) is 4.42. The van der Waals surface area contributed by atoms with Crippen molar-refractivity contribution in [1.29, 1.82) is 0 Å². The zero-order valence-corrected chi connectivity index (χ0v) is 13.1. The molecule has 3 rings (SSSR count). The van der Waals surface area contributed by atoms with Gasteiger partial charge < -0.3 is 14.9 Å². The van der Waals surface area contributed by atoms with E-state index in [0.29, 0.717) is 23.5 Å². The van der Waals surface area contributed by atoms with Gasteiger partial charge in [0.25, 0.3) is 5.91 Å². The summed E-state index contributed by atoms with van der Waals surface area (Å²) in [7, 11) is 3.93. The molecule has 4 heteroatoms. The van der Waals surface area contributed by atoms with Crippen molar-refractivity contribution < 1.29 is 9.90 Å². The van der Waals surface area contributed by atoms with E-state index in [0.717, 1.165) is 11.9 Å². The summed E-state index contributed by atoms with van der Waals surface area (Å²) in [6, 6.07) is 11.6. The lowest BCUT2D eigenvalue weighted by Gasteiger charge is -2.22. The predicted molar refractivity (Wildman–Crippen MR) is 88.2 cm³/mol. The molecule has 22 heavy (non-hydrogen) atoms. The quantitative estimate of drug-likeness (QED) is 0.923. The van der Waals surface area contributed by atoms with Gasteiger partial charge in [-0.15, -0.1) is 0 Å². The first-order chi connectivity index (χ1) is 10.6. The Kier molecular flexibility index (Phi) is 4.03. The van der Waals surface area contributed by atoms with Crippen LogP contribution in [0.4, 0.5) is 0 Å². The number of carbonyl (C=O) groups is 1. The van der Waals surface area contributed by atoms with Crippen molar-refractivity contribution in [1.82, 2.24) is 9.80 Å². The largest absolute Gasteiger partial charge is 0.507 e. The number of phenolic OH excluding ortho intramolecular Hbond substituents is 1. The van der Waals surface area contributed by atoms with Crippen LogP contribution in [0.25, 0.3) is 10.8 Å². The lowest BCUT2D eigenvalue weighted by atomic mass is 10.0. The maximum absolute atomic E-state index is 12.7. The average Bonchev–Trinajstić information content (AvgIpc) is 3.36. The van der Waals surface area contributed by atoms with Crippen LogP contribution in [0.1, 0.15) is 23.2 Å². The Balaban J connectivity index is 1.79. The molecule has 0 aromatic heterocycles. The minimum atomic E-state index is -0.0451. The summed E-state index contributed by atoms with van der Waals surface area (Å²) in [6.45, 7) is 1.57. The van der Waals surface area contributed by atoms with E-state index < -0.39 is 0 Å². The van der Waals surface area contributed by atoms with Crippen LogP contribution >= 0.6 is 0 Å². The molecule has 2 aromatic rings. The van der Waals surface area contributed by atoms with Gasteiger partial charge in [-0.3, -0.25) is 4.79 Å². The first-order valence-corrected chi connectivity index (χ1v) is 7.74. The van der Waals surface area contributed by atoms with Gasteiger partial charge in [-0.2, -0.15) is 0 Å². The summed E-state index contributed by atoms with van der Waals surface area (Å²) in [6.07, 6.45) is 2.54. The van der Waals surface area contributed by atoms with Gasteiger partial charge in [0.2, 0.25) is 0 Å². The highest BCUT2D eigenvalue weighted by Crippen LogP contribution is 2.29. The Morgan fingerprint density at radius 2 is 1.82 bits per heavy atom. The second kappa shape index (κ2) is 5.97. The summed E-state index contributed by atoms with van der Waals surface area (Å²) in [4.78, 5) is 16.8. The van der Waals surface area contributed by atoms with Crippen molar-refractivity contribution in [3.05, 3.63) is 42.0 Å². The molecule has 0 saturated heterocycles. The van der Waals surface area contributed by atoms with Gasteiger partial charge in [-0.25, -0.2) is 0 Å². The van der Waals surface area contributed by atoms with Crippen LogP contribution in [0.15, 0.2) is 36.4 Å². The van der Waals surface area contributed by atoms with Crippen LogP contribution < -0.4 is 0 Å². The zero-order valence-electron chi connectivity index (χ0n) is 13.1. The van der Waals surface area contributed by atoms with E-state index >= 15 is 0 Å². The van der Waals surface area contributed by atoms with Gasteiger partial charge in [-0.1, -0.05) is 24.3 Å². The number of benzene rings is 2. The van der Waals surface area contributed by atoms with Gasteiger partial charge in [0.05, 0.1) is 5.56 Å². The molecule has 0 unspecified atom stereocenters. The summed E-state index contributed by atoms with van der Waals surface area (Å²) in [5.74, 6) is 0.112. The van der Waals surface area contributed by atoms with Crippen molar-refractivity contribution >= 4 is 16.7 Å². The van der Waals surface area contributed by atoms with Crippen molar-refractivity contribution in [2.45, 2.75) is 18.9 Å². The smallest absolute Gasteiger partial charge is 0.254 e. The molecule has 1 fully saturated rings. The van der Waals surface area contributed by atoms with Crippen LogP contribution in [0, 0.1) is 0 Å². The number of hydrogen-bond acceptors (Lipinski definition) is 3. The number of likely N-dealkylation sites (N-methyl/N-ethyl adjacent to an activating group) is 2. The van der Waals surface area contributed by atoms with E-state index in [1.54, 1.807) is 23.1 Å². The Hall–Kier alpha value is -2.07. The van der Waals surface area contributed by atoms with Crippen LogP contribution in [0.2, 0.25) is 0 Å². The Bertz CT molecular complexity index is 689. The molecule has 116 valence electrons. The lowest BCUT2D eigenvalue weighted by molar-refractivity contribution is 0.0783. The lowest BCUT2D eigenvalue weighted by Crippen LogP contribution is -2.35. The number of nitrogens with zero attached hydrogens (tertiary/aromatic N) is 2. The van der Waals surface area contributed by atoms with Crippen molar-refractivity contribution in [2.24, 2.45) is 0 Å². The molecular formula is C18H22N2O2. The molecule has 1 aliphatic rings. The minimum absolute atomic E-state index is 0.0451. The second-order valence-electron chi connectivity index (χ2n) is 6.12. The minimum Gasteiger partial charge on any atom is -0.507 e. The van der Waals surface area contributed by atoms with Gasteiger partial charge >= 0.3 is 0 Å². The monoisotopic (exact) mass is 298 g/mol. The highest BCUT2D eigenvalue weighted by Gasteiger charge is 2.26. The summed E-state index contributed by atoms with van der Waals surface area (Å²) in [5, 5.41) is 11.6. The molecule has 2 aromatic carbocycles. The van der Waals surface area contributed by atoms with Gasteiger partial charge in [0.15, 0.2) is 0 Å². The van der Waals surface area contributed by atoms with E-state index in [9.17, 15) is 9.90 Å². The molecule has 1 saturated carbocycles. The van der Waals surface area contributed by atoms with E-state index in [4.69, 9.17) is 0 Å². The Morgan fingerprint density at radius 1 is 1.14 bits per heavy atom. The normalized spacial score (nSPS) is 14.5. The fourth-order valence-corrected chi connectivity index (χ4v) is 2.81. The Labute approximate surface area is 131 Å². The molecule has 0 atom stereocenters. The highest BCUT2D eigenvalue weighted by atomic mass is 16.3. The Morgan fingerprint density at radius 3 is 2.50 bits per heavy atom. The third-order valence-electron chi connectivity index (χ3n) is 4.42. The van der Waals surface area contributed by atoms with Crippen molar-refractivity contribution in [3.8, 4) is 5.75 Å². The average molecular weight is 298 g/mol. The second-order valence-corrected chi connectivity index (χ2v) is 6.12. The zero-order chi connectivity index (χ0) is 15.7. The van der Waals surface area contributed by atoms with Crippen LogP contribution in [0.3, 0.4) is 0 Å². The third kappa shape index (κ3) is 2.92. The maximum Gasteiger partial charge on any atom is 0.254 e. The molecule has 1 N–H and O–H groups in total. The summed E-state index contributed by atoms with van der Waals surface area (Å²) in [5.41, 5.74) is 0.562. The van der Waals surface area contributed by atoms with Crippen LogP contribution in [-0.4, -0.2) is 54.0 Å². The molecule has 0 aliphatic heterocycles. The van der Waals surface area contributed by atoms with Gasteiger partial charge in [0.1, 0.15) is 5.75 Å². The first-order valence-electron chi connectivity index (χ1n) is 7.74. The van der Waals surface area contributed by atoms with Gasteiger partial charge in [-0.05, 0) is 37.4 Å². The molecule has 1 amide bonds. The number of carbonyl (C=O) groups excluding carboxylic acids is 1. The molecule has 1 aliphatic carbocycles. The number of fused-ring (bicyclic) bond motifs is 1. The number of hydrogen-bond donors (Lipinski definition) is 1. The molecule has 0 bridgehead atoms. The summed E-state index contributed by atoms with van der Waals surface area (Å²) >= 11 is 0. The number of phenols is 1. The van der Waals surface area contributed by atoms with Crippen molar-refractivity contribution in [2.75, 3.05) is 27.2 Å². The molecule has 0 heterocycles. The van der Waals surface area contributed by atoms with Crippen LogP contribution in [0.5, 0.6) is 5.75 Å². The molecule has 4 nitrogen and oxygen atoms in total. The molecule has 0 spiro atoms. The fraction of sp³-hybridized carbons (Fsp3) is 0.389. The van der Waals surface area contributed by atoms with E-state index in [-0.39, 0.29) is 11.7 Å². The SMILES string of the molecule is CN(CCN(C)C1CC1)C(=O)c1cccc2cccc(O)c12. The summed E-state index contributed by atoms with van der Waals surface area (Å²) < 4.78 is 0.